The Kier molecular flexibility index (Phi) is 6.03. The lowest BCUT2D eigenvalue weighted by atomic mass is 9.93. The lowest BCUT2D eigenvalue weighted by Gasteiger charge is -2.43. The second-order valence-corrected chi connectivity index (χ2v) is 7.80. The fourth-order valence-corrected chi connectivity index (χ4v) is 3.92. The summed E-state index contributed by atoms with van der Waals surface area (Å²) < 4.78 is 17.2. The number of phenols is 4. The van der Waals surface area contributed by atoms with Crippen molar-refractivity contribution in [1.82, 2.24) is 0 Å². The van der Waals surface area contributed by atoms with Crippen LogP contribution in [0, 0.1) is 0 Å². The number of fused-ring (bicyclic) bond motifs is 1. The summed E-state index contributed by atoms with van der Waals surface area (Å²) in [5.74, 6) is -1.10. The quantitative estimate of drug-likeness (QED) is 0.276. The van der Waals surface area contributed by atoms with E-state index in [-0.39, 0.29) is 29.4 Å². The number of aliphatic hydroxyl groups is 4. The van der Waals surface area contributed by atoms with Crippen LogP contribution in [-0.2, 0) is 15.9 Å². The molecule has 2 heterocycles. The molecule has 32 heavy (non-hydrogen) atoms. The maximum Gasteiger partial charge on any atom is 0.187 e. The smallest absolute Gasteiger partial charge is 0.187 e. The number of aliphatic hydroxyl groups excluding tert-OH is 4. The normalized spacial score (nSPS) is 32.2. The molecule has 7 atom stereocenters. The predicted octanol–water partition coefficient (Wildman–Crippen LogP) is -0.630. The van der Waals surface area contributed by atoms with E-state index in [1.165, 1.54) is 24.3 Å². The molecule has 0 bridgehead atoms. The highest BCUT2D eigenvalue weighted by atomic mass is 16.7. The van der Waals surface area contributed by atoms with E-state index in [0.717, 1.165) is 6.07 Å². The van der Waals surface area contributed by atoms with Crippen molar-refractivity contribution in [2.45, 2.75) is 49.3 Å². The van der Waals surface area contributed by atoms with E-state index in [0.29, 0.717) is 11.1 Å². The minimum absolute atomic E-state index is 0.0166. The Morgan fingerprint density at radius 1 is 0.875 bits per heavy atom. The molecule has 0 saturated carbocycles. The summed E-state index contributed by atoms with van der Waals surface area (Å²) in [6.07, 6.45) is -9.41. The third-order valence-electron chi connectivity index (χ3n) is 5.65. The van der Waals surface area contributed by atoms with Crippen molar-refractivity contribution in [1.29, 1.82) is 0 Å². The Balaban J connectivity index is 1.68. The maximum absolute atomic E-state index is 10.3. The number of phenolic OH excluding ortho intramolecular Hbond substituents is 4. The largest absolute Gasteiger partial charge is 0.508 e. The molecule has 0 radical (unpaired) electrons. The molecule has 2 aliphatic heterocycles. The van der Waals surface area contributed by atoms with Crippen molar-refractivity contribution in [3.63, 3.8) is 0 Å². The minimum Gasteiger partial charge on any atom is -0.508 e. The van der Waals surface area contributed by atoms with Crippen LogP contribution in [0.25, 0.3) is 0 Å². The zero-order valence-corrected chi connectivity index (χ0v) is 16.6. The van der Waals surface area contributed by atoms with E-state index in [2.05, 4.69) is 0 Å². The van der Waals surface area contributed by atoms with Crippen LogP contribution in [0.4, 0.5) is 0 Å². The number of benzene rings is 2. The van der Waals surface area contributed by atoms with Crippen LogP contribution < -0.4 is 4.74 Å². The van der Waals surface area contributed by atoms with Gasteiger partial charge in [-0.05, 0) is 17.7 Å². The van der Waals surface area contributed by atoms with E-state index in [9.17, 15) is 40.9 Å². The molecule has 174 valence electrons. The summed E-state index contributed by atoms with van der Waals surface area (Å²) in [6.45, 7) is -0.635. The first kappa shape index (κ1) is 22.4. The van der Waals surface area contributed by atoms with Gasteiger partial charge in [0, 0.05) is 24.1 Å². The van der Waals surface area contributed by atoms with Gasteiger partial charge in [-0.2, -0.15) is 0 Å². The molecule has 0 aromatic heterocycles. The summed E-state index contributed by atoms with van der Waals surface area (Å²) >= 11 is 0. The third kappa shape index (κ3) is 4.01. The Hall–Kier alpha value is -2.80. The first-order valence-electron chi connectivity index (χ1n) is 9.89. The standard InChI is InChI=1S/C21H24O11/c22-7-16-17(27)18(28)19(29)21(32-16)31-15-6-10-12(25)4-9(23)5-14(10)30-20(15)8-1-2-11(24)13(26)3-8/h1-5,15-29H,6-7H2/t15-,16-,17-,18+,19-,20-,21?/m1/s1. The van der Waals surface area contributed by atoms with Gasteiger partial charge in [0.15, 0.2) is 23.9 Å². The highest BCUT2D eigenvalue weighted by Crippen LogP contribution is 2.44. The van der Waals surface area contributed by atoms with Gasteiger partial charge in [0.1, 0.15) is 47.8 Å². The van der Waals surface area contributed by atoms with Gasteiger partial charge < -0.3 is 55.1 Å². The number of rotatable bonds is 4. The molecule has 0 spiro atoms. The second-order valence-electron chi connectivity index (χ2n) is 7.80. The van der Waals surface area contributed by atoms with Gasteiger partial charge in [0.25, 0.3) is 0 Å². The van der Waals surface area contributed by atoms with Crippen LogP contribution in [-0.4, -0.2) is 84.3 Å². The van der Waals surface area contributed by atoms with E-state index in [1.807, 2.05) is 0 Å². The van der Waals surface area contributed by atoms with E-state index >= 15 is 0 Å². The molecule has 11 nitrogen and oxygen atoms in total. The summed E-state index contributed by atoms with van der Waals surface area (Å²) in [6, 6.07) is 6.38. The molecule has 1 saturated heterocycles. The zero-order valence-electron chi connectivity index (χ0n) is 16.6. The van der Waals surface area contributed by atoms with Crippen molar-refractivity contribution in [3.05, 3.63) is 41.5 Å². The molecule has 2 aliphatic rings. The summed E-state index contributed by atoms with van der Waals surface area (Å²) in [7, 11) is 0. The van der Waals surface area contributed by atoms with Gasteiger partial charge in [-0.1, -0.05) is 6.07 Å². The lowest BCUT2D eigenvalue weighted by Crippen LogP contribution is -2.60. The van der Waals surface area contributed by atoms with Crippen molar-refractivity contribution in [3.8, 4) is 28.7 Å². The first-order valence-corrected chi connectivity index (χ1v) is 9.89. The topological polar surface area (TPSA) is 190 Å². The monoisotopic (exact) mass is 452 g/mol. The van der Waals surface area contributed by atoms with E-state index < -0.39 is 55.3 Å². The summed E-state index contributed by atoms with van der Waals surface area (Å²) in [5.41, 5.74) is 0.667. The van der Waals surface area contributed by atoms with Crippen LogP contribution >= 0.6 is 0 Å². The van der Waals surface area contributed by atoms with Gasteiger partial charge >= 0.3 is 0 Å². The van der Waals surface area contributed by atoms with Gasteiger partial charge in [0.2, 0.25) is 0 Å². The van der Waals surface area contributed by atoms with Crippen LogP contribution in [0.3, 0.4) is 0 Å². The van der Waals surface area contributed by atoms with Crippen molar-refractivity contribution in [2.75, 3.05) is 6.61 Å². The van der Waals surface area contributed by atoms with Crippen LogP contribution in [0.5, 0.6) is 28.7 Å². The highest BCUT2D eigenvalue weighted by molar-refractivity contribution is 5.52. The number of ether oxygens (including phenoxy) is 3. The lowest BCUT2D eigenvalue weighted by molar-refractivity contribution is -0.317. The molecule has 0 amide bonds. The Morgan fingerprint density at radius 2 is 1.62 bits per heavy atom. The Bertz CT molecular complexity index is 978. The maximum atomic E-state index is 10.3. The Labute approximate surface area is 181 Å². The number of hydrogen-bond acceptors (Lipinski definition) is 11. The Morgan fingerprint density at radius 3 is 2.31 bits per heavy atom. The molecular weight excluding hydrogens is 428 g/mol. The third-order valence-corrected chi connectivity index (χ3v) is 5.65. The highest BCUT2D eigenvalue weighted by Gasteiger charge is 2.46. The molecule has 4 rings (SSSR count). The van der Waals surface area contributed by atoms with Gasteiger partial charge in [-0.3, -0.25) is 0 Å². The molecule has 1 unspecified atom stereocenters. The summed E-state index contributed by atoms with van der Waals surface area (Å²) in [4.78, 5) is 0. The molecule has 2 aromatic carbocycles. The average molecular weight is 452 g/mol. The van der Waals surface area contributed by atoms with Gasteiger partial charge in [-0.25, -0.2) is 0 Å². The second kappa shape index (κ2) is 8.62. The molecular formula is C21H24O11. The zero-order chi connectivity index (χ0) is 23.2. The molecule has 2 aromatic rings. The van der Waals surface area contributed by atoms with Crippen molar-refractivity contribution >= 4 is 0 Å². The molecule has 11 heteroatoms. The summed E-state index contributed by atoms with van der Waals surface area (Å²) in [5, 5.41) is 79.4. The van der Waals surface area contributed by atoms with Crippen molar-refractivity contribution < 1.29 is 55.1 Å². The fraction of sp³-hybridized carbons (Fsp3) is 0.429. The molecule has 1 fully saturated rings. The number of hydrogen-bond donors (Lipinski definition) is 8. The van der Waals surface area contributed by atoms with Crippen LogP contribution in [0.1, 0.15) is 17.2 Å². The van der Waals surface area contributed by atoms with E-state index in [1.54, 1.807) is 0 Å². The van der Waals surface area contributed by atoms with Gasteiger partial charge in [0.05, 0.1) is 6.61 Å². The van der Waals surface area contributed by atoms with Crippen LogP contribution in [0.2, 0.25) is 0 Å². The molecule has 0 aliphatic carbocycles. The van der Waals surface area contributed by atoms with Crippen molar-refractivity contribution in [2.24, 2.45) is 0 Å². The number of aromatic hydroxyl groups is 4. The van der Waals surface area contributed by atoms with Crippen LogP contribution in [0.15, 0.2) is 30.3 Å². The van der Waals surface area contributed by atoms with Gasteiger partial charge in [-0.15, -0.1) is 0 Å². The average Bonchev–Trinajstić information content (AvgIpc) is 2.76. The predicted molar refractivity (Wildman–Crippen MR) is 105 cm³/mol. The fourth-order valence-electron chi connectivity index (χ4n) is 3.92. The molecule has 8 N–H and O–H groups in total. The van der Waals surface area contributed by atoms with E-state index in [4.69, 9.17) is 14.2 Å². The SMILES string of the molecule is OC[C@H]1OC(O[C@@H]2Cc3c(O)cc(O)cc3O[C@@H]2c2ccc(O)c(O)c2)[C@H](O)[C@@H](O)[C@@H]1O. The minimum atomic E-state index is -1.66. The first-order chi connectivity index (χ1) is 15.2.